The van der Waals surface area contributed by atoms with Crippen molar-refractivity contribution in [3.63, 3.8) is 0 Å². The Bertz CT molecular complexity index is 441. The lowest BCUT2D eigenvalue weighted by Gasteiger charge is -2.08. The SMILES string of the molecule is Clc1ccc(Cl)c(NCn2cncn2)c1. The van der Waals surface area contributed by atoms with Crippen LogP contribution in [0.4, 0.5) is 5.69 Å². The van der Waals surface area contributed by atoms with Gasteiger partial charge < -0.3 is 5.32 Å². The molecule has 0 unspecified atom stereocenters. The van der Waals surface area contributed by atoms with E-state index < -0.39 is 0 Å². The van der Waals surface area contributed by atoms with E-state index >= 15 is 0 Å². The number of rotatable bonds is 3. The largest absolute Gasteiger partial charge is 0.365 e. The second kappa shape index (κ2) is 4.51. The number of hydrogen-bond acceptors (Lipinski definition) is 3. The van der Waals surface area contributed by atoms with Crippen molar-refractivity contribution in [1.29, 1.82) is 0 Å². The lowest BCUT2D eigenvalue weighted by molar-refractivity contribution is 0.668. The van der Waals surface area contributed by atoms with Gasteiger partial charge in [0.15, 0.2) is 0 Å². The van der Waals surface area contributed by atoms with Gasteiger partial charge in [0.25, 0.3) is 0 Å². The topological polar surface area (TPSA) is 42.7 Å². The van der Waals surface area contributed by atoms with Crippen molar-refractivity contribution < 1.29 is 0 Å². The van der Waals surface area contributed by atoms with Crippen molar-refractivity contribution in [3.05, 3.63) is 40.9 Å². The second-order valence-corrected chi connectivity index (χ2v) is 3.74. The van der Waals surface area contributed by atoms with Crippen LogP contribution in [-0.4, -0.2) is 14.8 Å². The van der Waals surface area contributed by atoms with Gasteiger partial charge in [-0.05, 0) is 18.2 Å². The summed E-state index contributed by atoms with van der Waals surface area (Å²) in [5.41, 5.74) is 0.777. The molecule has 0 saturated carbocycles. The fourth-order valence-electron chi connectivity index (χ4n) is 1.11. The lowest BCUT2D eigenvalue weighted by atomic mass is 10.3. The Labute approximate surface area is 96.8 Å². The predicted molar refractivity (Wildman–Crippen MR) is 60.1 cm³/mol. The van der Waals surface area contributed by atoms with Gasteiger partial charge >= 0.3 is 0 Å². The number of nitrogens with zero attached hydrogens (tertiary/aromatic N) is 3. The van der Waals surface area contributed by atoms with Crippen LogP contribution in [0.2, 0.25) is 10.0 Å². The lowest BCUT2D eigenvalue weighted by Crippen LogP contribution is -2.08. The summed E-state index contributed by atoms with van der Waals surface area (Å²) < 4.78 is 1.65. The van der Waals surface area contributed by atoms with Crippen molar-refractivity contribution in [2.45, 2.75) is 6.67 Å². The summed E-state index contributed by atoms with van der Waals surface area (Å²) in [6, 6.07) is 5.25. The van der Waals surface area contributed by atoms with Crippen LogP contribution in [0, 0.1) is 0 Å². The zero-order valence-electron chi connectivity index (χ0n) is 7.69. The first-order valence-electron chi connectivity index (χ1n) is 4.27. The van der Waals surface area contributed by atoms with Gasteiger partial charge in [-0.15, -0.1) is 0 Å². The van der Waals surface area contributed by atoms with Gasteiger partial charge in [0, 0.05) is 5.02 Å². The average molecular weight is 243 g/mol. The van der Waals surface area contributed by atoms with Gasteiger partial charge in [0.1, 0.15) is 19.3 Å². The third kappa shape index (κ3) is 2.61. The van der Waals surface area contributed by atoms with E-state index in [1.54, 1.807) is 29.2 Å². The Morgan fingerprint density at radius 3 is 2.93 bits per heavy atom. The molecule has 0 spiro atoms. The molecular formula is C9H8Cl2N4. The molecule has 1 aromatic carbocycles. The Morgan fingerprint density at radius 2 is 2.20 bits per heavy atom. The van der Waals surface area contributed by atoms with E-state index in [-0.39, 0.29) is 0 Å². The second-order valence-electron chi connectivity index (χ2n) is 2.89. The average Bonchev–Trinajstić information content (AvgIpc) is 2.72. The van der Waals surface area contributed by atoms with Crippen molar-refractivity contribution in [2.24, 2.45) is 0 Å². The van der Waals surface area contributed by atoms with Gasteiger partial charge in [-0.2, -0.15) is 5.10 Å². The van der Waals surface area contributed by atoms with Crippen molar-refractivity contribution in [3.8, 4) is 0 Å². The number of halogens is 2. The molecule has 0 atom stereocenters. The van der Waals surface area contributed by atoms with E-state index in [0.717, 1.165) is 5.69 Å². The number of nitrogens with one attached hydrogen (secondary N) is 1. The molecule has 4 nitrogen and oxygen atoms in total. The number of aromatic nitrogens is 3. The molecule has 0 radical (unpaired) electrons. The van der Waals surface area contributed by atoms with Gasteiger partial charge in [-0.25, -0.2) is 9.67 Å². The van der Waals surface area contributed by atoms with E-state index in [2.05, 4.69) is 15.4 Å². The molecule has 0 aliphatic heterocycles. The molecule has 0 saturated heterocycles. The first-order valence-corrected chi connectivity index (χ1v) is 5.02. The summed E-state index contributed by atoms with van der Waals surface area (Å²) in [5.74, 6) is 0. The van der Waals surface area contributed by atoms with E-state index in [9.17, 15) is 0 Å². The Balaban J connectivity index is 2.07. The molecule has 0 aliphatic rings. The molecule has 1 aromatic heterocycles. The summed E-state index contributed by atoms with van der Waals surface area (Å²) in [6.07, 6.45) is 3.09. The van der Waals surface area contributed by atoms with Crippen molar-refractivity contribution >= 4 is 28.9 Å². The number of benzene rings is 1. The molecule has 6 heteroatoms. The van der Waals surface area contributed by atoms with Crippen LogP contribution in [-0.2, 0) is 6.67 Å². The van der Waals surface area contributed by atoms with Crippen molar-refractivity contribution in [1.82, 2.24) is 14.8 Å². The summed E-state index contributed by atoms with van der Waals surface area (Å²) in [4.78, 5) is 3.83. The minimum Gasteiger partial charge on any atom is -0.365 e. The van der Waals surface area contributed by atoms with Gasteiger partial charge in [-0.3, -0.25) is 0 Å². The fourth-order valence-corrected chi connectivity index (χ4v) is 1.47. The smallest absolute Gasteiger partial charge is 0.137 e. The molecule has 0 bridgehead atoms. The third-order valence-corrected chi connectivity index (χ3v) is 2.39. The number of anilines is 1. The highest BCUT2D eigenvalue weighted by atomic mass is 35.5. The van der Waals surface area contributed by atoms with Crippen LogP contribution in [0.1, 0.15) is 0 Å². The van der Waals surface area contributed by atoms with Crippen LogP contribution >= 0.6 is 23.2 Å². The van der Waals surface area contributed by atoms with Crippen molar-refractivity contribution in [2.75, 3.05) is 5.32 Å². The molecule has 0 fully saturated rings. The zero-order valence-corrected chi connectivity index (χ0v) is 9.20. The highest BCUT2D eigenvalue weighted by molar-refractivity contribution is 6.35. The van der Waals surface area contributed by atoms with E-state index in [1.807, 2.05) is 0 Å². The van der Waals surface area contributed by atoms with Gasteiger partial charge in [-0.1, -0.05) is 23.2 Å². The maximum atomic E-state index is 5.97. The van der Waals surface area contributed by atoms with E-state index in [4.69, 9.17) is 23.2 Å². The molecule has 2 rings (SSSR count). The third-order valence-electron chi connectivity index (χ3n) is 1.83. The molecule has 1 heterocycles. The molecule has 0 amide bonds. The van der Waals surface area contributed by atoms with Crippen LogP contribution in [0.25, 0.3) is 0 Å². The molecule has 1 N–H and O–H groups in total. The van der Waals surface area contributed by atoms with E-state index in [1.165, 1.54) is 6.33 Å². The molecule has 78 valence electrons. The zero-order chi connectivity index (χ0) is 10.7. The molecule has 2 aromatic rings. The summed E-state index contributed by atoms with van der Waals surface area (Å²) in [5, 5.41) is 8.31. The minimum absolute atomic E-state index is 0.500. The summed E-state index contributed by atoms with van der Waals surface area (Å²) in [6.45, 7) is 0.500. The maximum absolute atomic E-state index is 5.97. The molecular weight excluding hydrogens is 235 g/mol. The monoisotopic (exact) mass is 242 g/mol. The van der Waals surface area contributed by atoms with Crippen LogP contribution in [0.3, 0.4) is 0 Å². The quantitative estimate of drug-likeness (QED) is 0.901. The highest BCUT2D eigenvalue weighted by Gasteiger charge is 2.00. The summed E-state index contributed by atoms with van der Waals surface area (Å²) in [7, 11) is 0. The predicted octanol–water partition coefficient (Wildman–Crippen LogP) is 2.65. The van der Waals surface area contributed by atoms with Gasteiger partial charge in [0.2, 0.25) is 0 Å². The first-order chi connectivity index (χ1) is 7.25. The Kier molecular flexibility index (Phi) is 3.08. The number of hydrogen-bond donors (Lipinski definition) is 1. The van der Waals surface area contributed by atoms with Gasteiger partial charge in [0.05, 0.1) is 10.7 Å². The summed E-state index contributed by atoms with van der Waals surface area (Å²) >= 11 is 11.8. The Morgan fingerprint density at radius 1 is 1.33 bits per heavy atom. The van der Waals surface area contributed by atoms with Crippen LogP contribution < -0.4 is 5.32 Å². The fraction of sp³-hybridized carbons (Fsp3) is 0.111. The minimum atomic E-state index is 0.500. The normalized spacial score (nSPS) is 10.3. The maximum Gasteiger partial charge on any atom is 0.137 e. The van der Waals surface area contributed by atoms with Crippen LogP contribution in [0.5, 0.6) is 0 Å². The Hall–Kier alpha value is -1.26. The highest BCUT2D eigenvalue weighted by Crippen LogP contribution is 2.25. The van der Waals surface area contributed by atoms with E-state index in [0.29, 0.717) is 16.7 Å². The standard InChI is InChI=1S/C9H8Cl2N4/c10-7-1-2-8(11)9(3-7)13-6-15-5-12-4-14-15/h1-5,13H,6H2. The van der Waals surface area contributed by atoms with Crippen LogP contribution in [0.15, 0.2) is 30.9 Å². The molecule has 15 heavy (non-hydrogen) atoms. The molecule has 0 aliphatic carbocycles. The first kappa shape index (κ1) is 10.3.